The highest BCUT2D eigenvalue weighted by Gasteiger charge is 2.11. The van der Waals surface area contributed by atoms with Gasteiger partial charge in [0.2, 0.25) is 0 Å². The average molecular weight is 291 g/mol. The first-order valence-electron chi connectivity index (χ1n) is 4.33. The number of esters is 1. The summed E-state index contributed by atoms with van der Waals surface area (Å²) in [6, 6.07) is 0. The largest absolute Gasteiger partial charge is 0.469 e. The van der Waals surface area contributed by atoms with E-state index in [9.17, 15) is 4.79 Å². The molecule has 82 valence electrons. The Morgan fingerprint density at radius 2 is 2.20 bits per heavy atom. The third kappa shape index (κ3) is 4.61. The summed E-state index contributed by atoms with van der Waals surface area (Å²) in [7, 11) is 1.38. The van der Waals surface area contributed by atoms with Crippen molar-refractivity contribution in [2.45, 2.75) is 23.8 Å². The molecule has 0 aliphatic carbocycles. The first-order valence-corrected chi connectivity index (χ1v) is 6.00. The Kier molecular flexibility index (Phi) is 5.04. The van der Waals surface area contributed by atoms with Gasteiger partial charge >= 0.3 is 5.97 Å². The molecule has 0 aromatic carbocycles. The number of carbonyl (C=O) groups is 1. The molecule has 6 heteroatoms. The maximum atomic E-state index is 11.0. The van der Waals surface area contributed by atoms with Gasteiger partial charge in [-0.3, -0.25) is 4.79 Å². The fourth-order valence-corrected chi connectivity index (χ4v) is 1.91. The molecule has 0 saturated heterocycles. The predicted molar refractivity (Wildman–Crippen MR) is 61.7 cm³/mol. The number of carbonyl (C=O) groups excluding carboxylic acids is 1. The van der Waals surface area contributed by atoms with Crippen LogP contribution in [-0.4, -0.2) is 28.3 Å². The topological polar surface area (TPSA) is 52.1 Å². The average Bonchev–Trinajstić information content (AvgIpc) is 2.21. The molecule has 1 aromatic rings. The minimum absolute atomic E-state index is 0.110. The summed E-state index contributed by atoms with van der Waals surface area (Å²) in [4.78, 5) is 19.2. The molecule has 0 aliphatic rings. The van der Waals surface area contributed by atoms with Crippen LogP contribution < -0.4 is 0 Å². The number of aromatic nitrogens is 2. The maximum Gasteiger partial charge on any atom is 0.306 e. The minimum Gasteiger partial charge on any atom is -0.469 e. The summed E-state index contributed by atoms with van der Waals surface area (Å²) in [5.41, 5.74) is 0. The molecular formula is C9H11BrN2O2S. The van der Waals surface area contributed by atoms with Crippen LogP contribution in [0.4, 0.5) is 0 Å². The van der Waals surface area contributed by atoms with Crippen LogP contribution >= 0.6 is 27.7 Å². The molecule has 0 saturated carbocycles. The Bertz CT molecular complexity index is 331. The van der Waals surface area contributed by atoms with Crippen LogP contribution in [-0.2, 0) is 9.53 Å². The van der Waals surface area contributed by atoms with Gasteiger partial charge in [0.15, 0.2) is 5.16 Å². The highest BCUT2D eigenvalue weighted by molar-refractivity contribution is 9.10. The quantitative estimate of drug-likeness (QED) is 0.484. The summed E-state index contributed by atoms with van der Waals surface area (Å²) in [5, 5.41) is 0.772. The molecule has 0 aliphatic heterocycles. The molecule has 0 amide bonds. The van der Waals surface area contributed by atoms with Gasteiger partial charge in [-0.15, -0.1) is 0 Å². The van der Waals surface area contributed by atoms with E-state index in [1.807, 2.05) is 6.92 Å². The van der Waals surface area contributed by atoms with Crippen LogP contribution in [0.15, 0.2) is 22.0 Å². The van der Waals surface area contributed by atoms with Crippen LogP contribution in [0.1, 0.15) is 13.3 Å². The number of ether oxygens (including phenoxy) is 1. The van der Waals surface area contributed by atoms with E-state index in [1.165, 1.54) is 18.9 Å². The Hall–Kier alpha value is -0.620. The lowest BCUT2D eigenvalue weighted by atomic mass is 10.3. The molecule has 0 spiro atoms. The zero-order valence-electron chi connectivity index (χ0n) is 8.44. The number of rotatable bonds is 4. The molecule has 1 rings (SSSR count). The molecule has 1 atom stereocenters. The van der Waals surface area contributed by atoms with Gasteiger partial charge in [0.25, 0.3) is 0 Å². The van der Waals surface area contributed by atoms with E-state index in [-0.39, 0.29) is 11.2 Å². The molecule has 0 bridgehead atoms. The van der Waals surface area contributed by atoms with Gasteiger partial charge in [-0.1, -0.05) is 18.7 Å². The Morgan fingerprint density at radius 1 is 1.60 bits per heavy atom. The summed E-state index contributed by atoms with van der Waals surface area (Å²) in [6.45, 7) is 1.94. The van der Waals surface area contributed by atoms with Gasteiger partial charge < -0.3 is 4.74 Å². The van der Waals surface area contributed by atoms with Crippen molar-refractivity contribution >= 4 is 33.7 Å². The molecule has 4 nitrogen and oxygen atoms in total. The maximum absolute atomic E-state index is 11.0. The summed E-state index contributed by atoms with van der Waals surface area (Å²) in [6.07, 6.45) is 3.72. The van der Waals surface area contributed by atoms with Crippen molar-refractivity contribution in [3.8, 4) is 0 Å². The minimum atomic E-state index is -0.216. The first kappa shape index (κ1) is 12.4. The standard InChI is InChI=1S/C9H11BrN2O2S/c1-6(3-8(13)14-2)15-9-11-4-7(10)5-12-9/h4-6H,3H2,1-2H3. The zero-order chi connectivity index (χ0) is 11.3. The molecule has 1 aromatic heterocycles. The van der Waals surface area contributed by atoms with Gasteiger partial charge in [-0.25, -0.2) is 9.97 Å². The molecule has 0 radical (unpaired) electrons. The zero-order valence-corrected chi connectivity index (χ0v) is 10.8. The lowest BCUT2D eigenvalue weighted by molar-refractivity contribution is -0.140. The first-order chi connectivity index (χ1) is 7.11. The number of halogens is 1. The van der Waals surface area contributed by atoms with E-state index in [1.54, 1.807) is 12.4 Å². The van der Waals surface area contributed by atoms with Crippen molar-refractivity contribution in [1.29, 1.82) is 0 Å². The highest BCUT2D eigenvalue weighted by atomic mass is 79.9. The summed E-state index contributed by atoms with van der Waals surface area (Å²) in [5.74, 6) is -0.216. The number of thioether (sulfide) groups is 1. The van der Waals surface area contributed by atoms with Gasteiger partial charge in [0.05, 0.1) is 18.0 Å². The lowest BCUT2D eigenvalue weighted by Crippen LogP contribution is -2.08. The Balaban J connectivity index is 2.47. The van der Waals surface area contributed by atoms with E-state index in [0.29, 0.717) is 11.6 Å². The SMILES string of the molecule is COC(=O)CC(C)Sc1ncc(Br)cn1. The third-order valence-electron chi connectivity index (χ3n) is 1.59. The molecule has 15 heavy (non-hydrogen) atoms. The van der Waals surface area contributed by atoms with Crippen molar-refractivity contribution in [2.24, 2.45) is 0 Å². The molecule has 1 unspecified atom stereocenters. The predicted octanol–water partition coefficient (Wildman–Crippen LogP) is 2.28. The van der Waals surface area contributed by atoms with Crippen molar-refractivity contribution in [1.82, 2.24) is 9.97 Å². The Labute approximate surface area is 101 Å². The number of nitrogens with zero attached hydrogens (tertiary/aromatic N) is 2. The van der Waals surface area contributed by atoms with Gasteiger partial charge in [-0.05, 0) is 15.9 Å². The van der Waals surface area contributed by atoms with E-state index >= 15 is 0 Å². The van der Waals surface area contributed by atoms with E-state index in [4.69, 9.17) is 0 Å². The summed E-state index contributed by atoms with van der Waals surface area (Å²) >= 11 is 4.71. The van der Waals surface area contributed by atoms with E-state index < -0.39 is 0 Å². The number of hydrogen-bond donors (Lipinski definition) is 0. The smallest absolute Gasteiger partial charge is 0.306 e. The van der Waals surface area contributed by atoms with Crippen molar-refractivity contribution < 1.29 is 9.53 Å². The third-order valence-corrected chi connectivity index (χ3v) is 2.99. The monoisotopic (exact) mass is 290 g/mol. The molecular weight excluding hydrogens is 280 g/mol. The number of methoxy groups -OCH3 is 1. The van der Waals surface area contributed by atoms with Crippen LogP contribution in [0, 0.1) is 0 Å². The lowest BCUT2D eigenvalue weighted by Gasteiger charge is -2.07. The normalized spacial score (nSPS) is 12.2. The van der Waals surface area contributed by atoms with Crippen LogP contribution in [0.25, 0.3) is 0 Å². The van der Waals surface area contributed by atoms with Crippen molar-refractivity contribution in [3.05, 3.63) is 16.9 Å². The van der Waals surface area contributed by atoms with Crippen LogP contribution in [0.2, 0.25) is 0 Å². The molecule has 0 N–H and O–H groups in total. The fourth-order valence-electron chi connectivity index (χ4n) is 0.901. The van der Waals surface area contributed by atoms with Gasteiger partial charge in [0.1, 0.15) is 0 Å². The number of hydrogen-bond acceptors (Lipinski definition) is 5. The second kappa shape index (κ2) is 6.07. The van der Waals surface area contributed by atoms with Crippen LogP contribution in [0.5, 0.6) is 0 Å². The second-order valence-electron chi connectivity index (χ2n) is 2.89. The van der Waals surface area contributed by atoms with Crippen molar-refractivity contribution in [2.75, 3.05) is 7.11 Å². The van der Waals surface area contributed by atoms with Crippen molar-refractivity contribution in [3.63, 3.8) is 0 Å². The van der Waals surface area contributed by atoms with Gasteiger partial charge in [0, 0.05) is 17.6 Å². The molecule has 1 heterocycles. The molecule has 0 fully saturated rings. The highest BCUT2D eigenvalue weighted by Crippen LogP contribution is 2.22. The van der Waals surface area contributed by atoms with E-state index in [0.717, 1.165) is 4.47 Å². The second-order valence-corrected chi connectivity index (χ2v) is 5.21. The fraction of sp³-hybridized carbons (Fsp3) is 0.444. The Morgan fingerprint density at radius 3 is 2.73 bits per heavy atom. The van der Waals surface area contributed by atoms with Gasteiger partial charge in [-0.2, -0.15) is 0 Å². The van der Waals surface area contributed by atoms with Crippen LogP contribution in [0.3, 0.4) is 0 Å². The van der Waals surface area contributed by atoms with E-state index in [2.05, 4.69) is 30.6 Å². The summed E-state index contributed by atoms with van der Waals surface area (Å²) < 4.78 is 5.42.